The molecule has 0 aliphatic carbocycles. The summed E-state index contributed by atoms with van der Waals surface area (Å²) in [6.07, 6.45) is 2.46. The molecule has 1 N–H and O–H groups in total. The third-order valence-corrected chi connectivity index (χ3v) is 2.55. The topological polar surface area (TPSA) is 32.3 Å². The van der Waals surface area contributed by atoms with Gasteiger partial charge >= 0.3 is 0 Å². The highest BCUT2D eigenvalue weighted by molar-refractivity contribution is 7.80. The van der Waals surface area contributed by atoms with E-state index in [1.165, 1.54) is 0 Å². The van der Waals surface area contributed by atoms with Crippen molar-refractivity contribution in [1.29, 1.82) is 0 Å². The van der Waals surface area contributed by atoms with Crippen LogP contribution in [0.3, 0.4) is 0 Å². The van der Waals surface area contributed by atoms with E-state index in [4.69, 9.17) is 12.2 Å². The SMILES string of the molecule is CC(=O)/C=C1/CC(C)(C)NC(=S)N1C. The van der Waals surface area contributed by atoms with Crippen molar-refractivity contribution in [3.8, 4) is 0 Å². The number of thiocarbonyl (C=S) groups is 1. The van der Waals surface area contributed by atoms with Gasteiger partial charge in [-0.05, 0) is 33.0 Å². The van der Waals surface area contributed by atoms with Crippen LogP contribution in [0.4, 0.5) is 0 Å². The van der Waals surface area contributed by atoms with E-state index >= 15 is 0 Å². The Kier molecular flexibility index (Phi) is 2.95. The molecule has 0 unspecified atom stereocenters. The van der Waals surface area contributed by atoms with Crippen LogP contribution in [0, 0.1) is 0 Å². The smallest absolute Gasteiger partial charge is 0.173 e. The summed E-state index contributed by atoms with van der Waals surface area (Å²) in [5, 5.41) is 3.89. The quantitative estimate of drug-likeness (QED) is 0.527. The van der Waals surface area contributed by atoms with E-state index in [0.29, 0.717) is 5.11 Å². The van der Waals surface area contributed by atoms with Crippen LogP contribution in [0.25, 0.3) is 0 Å². The third kappa shape index (κ3) is 2.54. The Morgan fingerprint density at radius 2 is 2.21 bits per heavy atom. The fourth-order valence-electron chi connectivity index (χ4n) is 1.50. The first-order chi connectivity index (χ1) is 6.32. The molecular formula is C10H16N2OS. The van der Waals surface area contributed by atoms with Crippen molar-refractivity contribution in [2.75, 3.05) is 7.05 Å². The molecule has 0 spiro atoms. The van der Waals surface area contributed by atoms with Gasteiger partial charge in [-0.1, -0.05) is 0 Å². The van der Waals surface area contributed by atoms with E-state index in [1.807, 2.05) is 11.9 Å². The van der Waals surface area contributed by atoms with Crippen molar-refractivity contribution in [1.82, 2.24) is 10.2 Å². The number of hydrogen-bond donors (Lipinski definition) is 1. The third-order valence-electron chi connectivity index (χ3n) is 2.17. The number of allylic oxidation sites excluding steroid dienone is 1. The van der Waals surface area contributed by atoms with Crippen LogP contribution in [0.5, 0.6) is 0 Å². The molecule has 1 fully saturated rings. The van der Waals surface area contributed by atoms with Gasteiger partial charge in [0.05, 0.1) is 0 Å². The Morgan fingerprint density at radius 1 is 1.64 bits per heavy atom. The molecule has 4 heteroatoms. The molecule has 1 rings (SSSR count). The van der Waals surface area contributed by atoms with Crippen molar-refractivity contribution >= 4 is 23.1 Å². The molecule has 0 saturated carbocycles. The number of ketones is 1. The van der Waals surface area contributed by atoms with Crippen LogP contribution >= 0.6 is 12.2 Å². The Morgan fingerprint density at radius 3 is 2.71 bits per heavy atom. The summed E-state index contributed by atoms with van der Waals surface area (Å²) in [4.78, 5) is 12.9. The van der Waals surface area contributed by atoms with Crippen LogP contribution in [0.15, 0.2) is 11.8 Å². The summed E-state index contributed by atoms with van der Waals surface area (Å²) in [5.41, 5.74) is 0.913. The van der Waals surface area contributed by atoms with Crippen molar-refractivity contribution in [2.45, 2.75) is 32.7 Å². The average molecular weight is 212 g/mol. The van der Waals surface area contributed by atoms with Gasteiger partial charge in [-0.2, -0.15) is 0 Å². The molecule has 78 valence electrons. The van der Waals surface area contributed by atoms with Crippen LogP contribution in [-0.2, 0) is 4.79 Å². The van der Waals surface area contributed by atoms with Gasteiger partial charge in [0.25, 0.3) is 0 Å². The van der Waals surface area contributed by atoms with Gasteiger partial charge in [-0.3, -0.25) is 4.79 Å². The Labute approximate surface area is 90.2 Å². The van der Waals surface area contributed by atoms with Crippen LogP contribution < -0.4 is 5.32 Å². The Balaban J connectivity index is 2.95. The molecule has 1 aliphatic rings. The summed E-state index contributed by atoms with van der Waals surface area (Å²) < 4.78 is 0. The van der Waals surface area contributed by atoms with E-state index < -0.39 is 0 Å². The van der Waals surface area contributed by atoms with Gasteiger partial charge < -0.3 is 10.2 Å². The molecule has 1 aliphatic heterocycles. The first-order valence-corrected chi connectivity index (χ1v) is 5.00. The predicted molar refractivity (Wildman–Crippen MR) is 61.0 cm³/mol. The second-order valence-corrected chi connectivity index (χ2v) is 4.68. The average Bonchev–Trinajstić information content (AvgIpc) is 1.97. The van der Waals surface area contributed by atoms with Gasteiger partial charge in [0.15, 0.2) is 10.9 Å². The number of hydrogen-bond acceptors (Lipinski definition) is 2. The molecule has 3 nitrogen and oxygen atoms in total. The number of nitrogens with zero attached hydrogens (tertiary/aromatic N) is 1. The van der Waals surface area contributed by atoms with Crippen molar-refractivity contribution in [3.63, 3.8) is 0 Å². The molecule has 1 heterocycles. The molecular weight excluding hydrogens is 196 g/mol. The highest BCUT2D eigenvalue weighted by atomic mass is 32.1. The molecule has 0 amide bonds. The summed E-state index contributed by atoms with van der Waals surface area (Å²) >= 11 is 5.17. The normalized spacial score (nSPS) is 23.6. The highest BCUT2D eigenvalue weighted by Gasteiger charge is 2.29. The summed E-state index contributed by atoms with van der Waals surface area (Å²) in [6, 6.07) is 0. The maximum atomic E-state index is 11.0. The minimum absolute atomic E-state index is 0.0624. The van der Waals surface area contributed by atoms with E-state index in [2.05, 4.69) is 19.2 Å². The largest absolute Gasteiger partial charge is 0.357 e. The minimum Gasteiger partial charge on any atom is -0.357 e. The van der Waals surface area contributed by atoms with Crippen LogP contribution in [0.2, 0.25) is 0 Å². The van der Waals surface area contributed by atoms with Crippen molar-refractivity contribution in [2.24, 2.45) is 0 Å². The minimum atomic E-state index is -0.0646. The molecule has 0 aromatic heterocycles. The maximum absolute atomic E-state index is 11.0. The summed E-state index contributed by atoms with van der Waals surface area (Å²) in [6.45, 7) is 5.69. The van der Waals surface area contributed by atoms with Crippen molar-refractivity contribution in [3.05, 3.63) is 11.8 Å². The lowest BCUT2D eigenvalue weighted by molar-refractivity contribution is -0.112. The lowest BCUT2D eigenvalue weighted by Gasteiger charge is -2.40. The predicted octanol–water partition coefficient (Wildman–Crippen LogP) is 1.45. The Hall–Kier alpha value is -0.900. The van der Waals surface area contributed by atoms with E-state index in [1.54, 1.807) is 13.0 Å². The highest BCUT2D eigenvalue weighted by Crippen LogP contribution is 2.23. The number of rotatable bonds is 1. The number of carbonyl (C=O) groups is 1. The Bertz CT molecular complexity index is 307. The first-order valence-electron chi connectivity index (χ1n) is 4.59. The zero-order valence-corrected chi connectivity index (χ0v) is 9.86. The summed E-state index contributed by atoms with van der Waals surface area (Å²) in [7, 11) is 1.87. The summed E-state index contributed by atoms with van der Waals surface area (Å²) in [5.74, 6) is 0.0624. The van der Waals surface area contributed by atoms with Gasteiger partial charge in [0.2, 0.25) is 0 Å². The second-order valence-electron chi connectivity index (χ2n) is 4.30. The molecule has 0 aromatic carbocycles. The van der Waals surface area contributed by atoms with Gasteiger partial charge in [0, 0.05) is 30.8 Å². The lowest BCUT2D eigenvalue weighted by Crippen LogP contribution is -2.54. The van der Waals surface area contributed by atoms with E-state index in [0.717, 1.165) is 12.1 Å². The molecule has 0 atom stereocenters. The molecule has 0 radical (unpaired) electrons. The zero-order chi connectivity index (χ0) is 10.9. The number of nitrogens with one attached hydrogen (secondary N) is 1. The standard InChI is InChI=1S/C10H16N2OS/c1-7(13)5-8-6-10(2,3)11-9(14)12(8)4/h5H,6H2,1-4H3,(H,11,14)/b8-5-. The molecule has 14 heavy (non-hydrogen) atoms. The fraction of sp³-hybridized carbons (Fsp3) is 0.600. The molecule has 1 saturated heterocycles. The zero-order valence-electron chi connectivity index (χ0n) is 9.05. The maximum Gasteiger partial charge on any atom is 0.173 e. The molecule has 0 aromatic rings. The number of carbonyl (C=O) groups excluding carboxylic acids is 1. The van der Waals surface area contributed by atoms with E-state index in [9.17, 15) is 4.79 Å². The van der Waals surface area contributed by atoms with Gasteiger partial charge in [-0.25, -0.2) is 0 Å². The fourth-order valence-corrected chi connectivity index (χ4v) is 1.90. The second kappa shape index (κ2) is 3.69. The van der Waals surface area contributed by atoms with Crippen LogP contribution in [0.1, 0.15) is 27.2 Å². The van der Waals surface area contributed by atoms with Crippen LogP contribution in [-0.4, -0.2) is 28.4 Å². The monoisotopic (exact) mass is 212 g/mol. The van der Waals surface area contributed by atoms with Crippen molar-refractivity contribution < 1.29 is 4.79 Å². The molecule has 0 bridgehead atoms. The lowest BCUT2D eigenvalue weighted by atomic mass is 9.95. The van der Waals surface area contributed by atoms with E-state index in [-0.39, 0.29) is 11.3 Å². The first kappa shape index (κ1) is 11.2. The van der Waals surface area contributed by atoms with Gasteiger partial charge in [-0.15, -0.1) is 0 Å². The van der Waals surface area contributed by atoms with Gasteiger partial charge in [0.1, 0.15) is 0 Å².